The van der Waals surface area contributed by atoms with Crippen molar-refractivity contribution >= 4 is 19.4 Å². The Bertz CT molecular complexity index is 450. The molecule has 0 aromatic heterocycles. The van der Waals surface area contributed by atoms with Gasteiger partial charge in [-0.3, -0.25) is 9.36 Å². The molecule has 0 aliphatic rings. The molecule has 0 saturated heterocycles. The molecule has 25 heavy (non-hydrogen) atoms. The first-order chi connectivity index (χ1) is 11.1. The van der Waals surface area contributed by atoms with Crippen LogP contribution in [0, 0.1) is 11.8 Å². The number of esters is 1. The van der Waals surface area contributed by atoms with Gasteiger partial charge in [-0.15, -0.1) is 0 Å². The maximum atomic E-state index is 11.8. The predicted molar refractivity (Wildman–Crippen MR) is 94.2 cm³/mol. The third kappa shape index (κ3) is 13.8. The van der Waals surface area contributed by atoms with Crippen molar-refractivity contribution in [3.05, 3.63) is 0 Å². The van der Waals surface area contributed by atoms with E-state index >= 15 is 0 Å². The molecule has 0 aliphatic heterocycles. The maximum Gasteiger partial charge on any atom is 1.00 e. The molecule has 0 aromatic carbocycles. The second kappa shape index (κ2) is 14.0. The molecule has 9 heteroatoms. The SMILES string of the molecule is CCCCP(=O)(O)CCCNC(=O)OC(OC(=O)C(C)C)C(C)C.[H-].[Na+]. The molecule has 0 radical (unpaired) electrons. The Hall–Kier alpha value is -0.0700. The van der Waals surface area contributed by atoms with E-state index in [9.17, 15) is 19.0 Å². The Labute approximate surface area is 174 Å². The Morgan fingerprint density at radius 2 is 1.68 bits per heavy atom. The van der Waals surface area contributed by atoms with E-state index in [0.29, 0.717) is 12.6 Å². The van der Waals surface area contributed by atoms with Crippen molar-refractivity contribution in [2.75, 3.05) is 18.9 Å². The zero-order chi connectivity index (χ0) is 18.8. The summed E-state index contributed by atoms with van der Waals surface area (Å²) in [5.74, 6) is -0.913. The van der Waals surface area contributed by atoms with Crippen LogP contribution >= 0.6 is 7.37 Å². The van der Waals surface area contributed by atoms with Gasteiger partial charge in [0, 0.05) is 24.8 Å². The van der Waals surface area contributed by atoms with Crippen LogP contribution in [0.3, 0.4) is 0 Å². The number of hydrogen-bond donors (Lipinski definition) is 2. The number of carbonyl (C=O) groups excluding carboxylic acids is 2. The van der Waals surface area contributed by atoms with Gasteiger partial charge in [0.2, 0.25) is 7.37 Å². The molecule has 2 atom stereocenters. The molecule has 0 saturated carbocycles. The second-order valence-electron chi connectivity index (χ2n) is 6.54. The summed E-state index contributed by atoms with van der Waals surface area (Å²) in [4.78, 5) is 33.1. The molecule has 0 aliphatic carbocycles. The van der Waals surface area contributed by atoms with E-state index < -0.39 is 25.7 Å². The molecular formula is C16H33NNaO6P. The van der Waals surface area contributed by atoms with E-state index in [1.165, 1.54) is 0 Å². The Kier molecular flexibility index (Phi) is 15.3. The van der Waals surface area contributed by atoms with Crippen LogP contribution in [0.15, 0.2) is 0 Å². The molecule has 0 bridgehead atoms. The van der Waals surface area contributed by atoms with Gasteiger partial charge in [0.05, 0.1) is 5.92 Å². The van der Waals surface area contributed by atoms with Crippen LogP contribution in [0.5, 0.6) is 0 Å². The summed E-state index contributed by atoms with van der Waals surface area (Å²) < 4.78 is 22.1. The van der Waals surface area contributed by atoms with Gasteiger partial charge in [-0.1, -0.05) is 41.0 Å². The number of amides is 1. The summed E-state index contributed by atoms with van der Waals surface area (Å²) in [6.07, 6.45) is 0.823. The van der Waals surface area contributed by atoms with Crippen LogP contribution in [0.1, 0.15) is 55.3 Å². The molecule has 0 fully saturated rings. The quantitative estimate of drug-likeness (QED) is 0.175. The van der Waals surface area contributed by atoms with Gasteiger partial charge in [0.25, 0.3) is 6.29 Å². The fraction of sp³-hybridized carbons (Fsp3) is 0.875. The third-order valence-corrected chi connectivity index (χ3v) is 5.32. The number of carbonyl (C=O) groups is 2. The van der Waals surface area contributed by atoms with Gasteiger partial charge >= 0.3 is 41.6 Å². The number of unbranched alkanes of at least 4 members (excludes halogenated alkanes) is 1. The summed E-state index contributed by atoms with van der Waals surface area (Å²) in [5.41, 5.74) is 0. The molecule has 2 unspecified atom stereocenters. The normalized spacial score (nSPS) is 14.4. The molecule has 0 aromatic rings. The topological polar surface area (TPSA) is 102 Å². The van der Waals surface area contributed by atoms with E-state index in [1.807, 2.05) is 6.92 Å². The smallest absolute Gasteiger partial charge is 1.00 e. The molecular weight excluding hydrogens is 356 g/mol. The molecule has 7 nitrogen and oxygen atoms in total. The van der Waals surface area contributed by atoms with Crippen molar-refractivity contribution in [2.24, 2.45) is 11.8 Å². The summed E-state index contributed by atoms with van der Waals surface area (Å²) >= 11 is 0. The van der Waals surface area contributed by atoms with Crippen molar-refractivity contribution < 1.29 is 59.5 Å². The molecule has 0 heterocycles. The van der Waals surface area contributed by atoms with Gasteiger partial charge in [-0.2, -0.15) is 0 Å². The van der Waals surface area contributed by atoms with Crippen LogP contribution in [-0.4, -0.2) is 42.1 Å². The number of alkyl carbamates (subject to hydrolysis) is 1. The Balaban J connectivity index is -0.00000264. The fourth-order valence-corrected chi connectivity index (χ4v) is 3.41. The zero-order valence-electron chi connectivity index (χ0n) is 17.4. The van der Waals surface area contributed by atoms with Crippen LogP contribution in [-0.2, 0) is 18.8 Å². The van der Waals surface area contributed by atoms with Gasteiger partial charge in [-0.25, -0.2) is 4.79 Å². The summed E-state index contributed by atoms with van der Waals surface area (Å²) in [6, 6.07) is 0. The third-order valence-electron chi connectivity index (χ3n) is 3.29. The molecule has 2 N–H and O–H groups in total. The number of rotatable bonds is 11. The van der Waals surface area contributed by atoms with E-state index in [4.69, 9.17) is 9.47 Å². The van der Waals surface area contributed by atoms with E-state index in [-0.39, 0.29) is 55.5 Å². The number of ether oxygens (including phenoxy) is 2. The van der Waals surface area contributed by atoms with Crippen LogP contribution in [0.4, 0.5) is 4.79 Å². The van der Waals surface area contributed by atoms with E-state index in [1.54, 1.807) is 27.7 Å². The monoisotopic (exact) mass is 389 g/mol. The van der Waals surface area contributed by atoms with E-state index in [2.05, 4.69) is 5.32 Å². The minimum Gasteiger partial charge on any atom is -1.00 e. The van der Waals surface area contributed by atoms with Crippen molar-refractivity contribution in [3.8, 4) is 0 Å². The number of hydrogen-bond acceptors (Lipinski definition) is 5. The summed E-state index contributed by atoms with van der Waals surface area (Å²) in [5, 5.41) is 2.51. The Morgan fingerprint density at radius 3 is 2.16 bits per heavy atom. The summed E-state index contributed by atoms with van der Waals surface area (Å²) in [6.45, 7) is 9.16. The van der Waals surface area contributed by atoms with Crippen molar-refractivity contribution in [3.63, 3.8) is 0 Å². The average molecular weight is 389 g/mol. The minimum atomic E-state index is -3.10. The van der Waals surface area contributed by atoms with Crippen LogP contribution < -0.4 is 34.9 Å². The largest absolute Gasteiger partial charge is 1.00 e. The molecule has 1 amide bonds. The maximum absolute atomic E-state index is 11.8. The first-order valence-electron chi connectivity index (χ1n) is 8.55. The predicted octanol–water partition coefficient (Wildman–Crippen LogP) is 0.471. The van der Waals surface area contributed by atoms with Gasteiger partial charge in [0.15, 0.2) is 0 Å². The van der Waals surface area contributed by atoms with Crippen molar-refractivity contribution in [2.45, 2.75) is 60.2 Å². The first-order valence-corrected chi connectivity index (χ1v) is 10.6. The van der Waals surface area contributed by atoms with Crippen LogP contribution in [0.25, 0.3) is 0 Å². The molecule has 0 rings (SSSR count). The summed E-state index contributed by atoms with van der Waals surface area (Å²) in [7, 11) is -3.10. The first kappa shape index (κ1) is 27.2. The standard InChI is InChI=1S/C16H32NO6P.Na.H/c1-6-7-10-24(20,21)11-8-9-17-16(19)23-15(13(4)5)22-14(18)12(2)3;;/h12-13,15H,6-11H2,1-5H3,(H,17,19)(H,20,21);;/q;+1;-1. The molecule has 144 valence electrons. The van der Waals surface area contributed by atoms with Crippen molar-refractivity contribution in [1.29, 1.82) is 0 Å². The average Bonchev–Trinajstić information content (AvgIpc) is 2.48. The van der Waals surface area contributed by atoms with Crippen molar-refractivity contribution in [1.82, 2.24) is 5.32 Å². The van der Waals surface area contributed by atoms with Gasteiger partial charge in [0.1, 0.15) is 0 Å². The number of nitrogens with one attached hydrogen (secondary N) is 1. The zero-order valence-corrected chi connectivity index (χ0v) is 19.3. The molecule has 0 spiro atoms. The van der Waals surface area contributed by atoms with E-state index in [0.717, 1.165) is 12.8 Å². The Morgan fingerprint density at radius 1 is 1.12 bits per heavy atom. The van der Waals surface area contributed by atoms with Crippen LogP contribution in [0.2, 0.25) is 0 Å². The van der Waals surface area contributed by atoms with Gasteiger partial charge < -0.3 is 21.1 Å². The van der Waals surface area contributed by atoms with Gasteiger partial charge in [-0.05, 0) is 12.8 Å². The minimum absolute atomic E-state index is 0. The fourth-order valence-electron chi connectivity index (χ4n) is 1.73. The second-order valence-corrected chi connectivity index (χ2v) is 9.12.